The molecule has 0 atom stereocenters. The van der Waals surface area contributed by atoms with Crippen molar-refractivity contribution in [2.24, 2.45) is 0 Å². The summed E-state index contributed by atoms with van der Waals surface area (Å²) in [6, 6.07) is 2.62. The molecule has 1 aliphatic heterocycles. The molecule has 24 heavy (non-hydrogen) atoms. The van der Waals surface area contributed by atoms with Crippen molar-refractivity contribution in [2.75, 3.05) is 24.5 Å². The Balaban J connectivity index is 1.56. The summed E-state index contributed by atoms with van der Waals surface area (Å²) in [5.74, 6) is 0.942. The van der Waals surface area contributed by atoms with Gasteiger partial charge in [0.2, 0.25) is 0 Å². The maximum absolute atomic E-state index is 4.83. The van der Waals surface area contributed by atoms with Crippen LogP contribution in [0.3, 0.4) is 0 Å². The van der Waals surface area contributed by atoms with Gasteiger partial charge in [0.05, 0.1) is 18.4 Å². The first-order valence-electron chi connectivity index (χ1n) is 8.98. The van der Waals surface area contributed by atoms with Gasteiger partial charge in [-0.25, -0.2) is 4.98 Å². The van der Waals surface area contributed by atoms with Crippen LogP contribution in [0, 0.1) is 0 Å². The van der Waals surface area contributed by atoms with Crippen LogP contribution in [0.15, 0.2) is 24.7 Å². The molecule has 0 bridgehead atoms. The Kier molecular flexibility index (Phi) is 4.00. The molecular formula is C18H26N6. The van der Waals surface area contributed by atoms with Crippen molar-refractivity contribution >= 4 is 5.82 Å². The number of hydrogen-bond acceptors (Lipinski definition) is 5. The molecule has 4 rings (SSSR count). The minimum atomic E-state index is 0.0972. The van der Waals surface area contributed by atoms with E-state index in [4.69, 9.17) is 10.1 Å². The van der Waals surface area contributed by atoms with Gasteiger partial charge in [0, 0.05) is 31.4 Å². The molecule has 1 saturated carbocycles. The maximum Gasteiger partial charge on any atom is 0.147 e. The van der Waals surface area contributed by atoms with Crippen LogP contribution >= 0.6 is 0 Å². The Morgan fingerprint density at radius 1 is 1.17 bits per heavy atom. The number of rotatable bonds is 3. The zero-order valence-corrected chi connectivity index (χ0v) is 14.6. The van der Waals surface area contributed by atoms with Crippen LogP contribution in [0.5, 0.6) is 0 Å². The molecule has 6 nitrogen and oxygen atoms in total. The first-order valence-corrected chi connectivity index (χ1v) is 8.98. The first-order chi connectivity index (χ1) is 11.6. The SMILES string of the molecule is CC1(C)CN(c2cncc(-c3ccn(C4CCCC4)n3)n2)CCN1. The molecule has 2 aromatic heterocycles. The second-order valence-electron chi connectivity index (χ2n) is 7.61. The number of anilines is 1. The second kappa shape index (κ2) is 6.16. The van der Waals surface area contributed by atoms with E-state index in [9.17, 15) is 0 Å². The van der Waals surface area contributed by atoms with Crippen molar-refractivity contribution in [1.29, 1.82) is 0 Å². The van der Waals surface area contributed by atoms with Crippen LogP contribution in [-0.4, -0.2) is 44.9 Å². The highest BCUT2D eigenvalue weighted by Gasteiger charge is 2.27. The Hall–Kier alpha value is -1.95. The molecule has 0 spiro atoms. The molecule has 2 aliphatic rings. The molecule has 1 N–H and O–H groups in total. The van der Waals surface area contributed by atoms with Crippen molar-refractivity contribution in [3.63, 3.8) is 0 Å². The average Bonchev–Trinajstić information content (AvgIpc) is 3.25. The van der Waals surface area contributed by atoms with E-state index in [0.717, 1.165) is 36.8 Å². The first kappa shape index (κ1) is 15.6. The van der Waals surface area contributed by atoms with Gasteiger partial charge < -0.3 is 10.2 Å². The van der Waals surface area contributed by atoms with E-state index >= 15 is 0 Å². The number of hydrogen-bond donors (Lipinski definition) is 1. The summed E-state index contributed by atoms with van der Waals surface area (Å²) in [6.07, 6.45) is 10.9. The van der Waals surface area contributed by atoms with E-state index in [0.29, 0.717) is 6.04 Å². The molecule has 0 amide bonds. The minimum absolute atomic E-state index is 0.0972. The van der Waals surface area contributed by atoms with Gasteiger partial charge in [-0.05, 0) is 32.8 Å². The van der Waals surface area contributed by atoms with Gasteiger partial charge in [0.1, 0.15) is 17.2 Å². The second-order valence-corrected chi connectivity index (χ2v) is 7.61. The van der Waals surface area contributed by atoms with Crippen molar-refractivity contribution < 1.29 is 0 Å². The van der Waals surface area contributed by atoms with Gasteiger partial charge in [-0.3, -0.25) is 9.67 Å². The van der Waals surface area contributed by atoms with Crippen molar-refractivity contribution in [2.45, 2.75) is 51.1 Å². The summed E-state index contributed by atoms with van der Waals surface area (Å²) in [5, 5.41) is 8.29. The van der Waals surface area contributed by atoms with Gasteiger partial charge in [0.25, 0.3) is 0 Å². The molecular weight excluding hydrogens is 300 g/mol. The van der Waals surface area contributed by atoms with Gasteiger partial charge in [-0.1, -0.05) is 12.8 Å². The monoisotopic (exact) mass is 326 g/mol. The third-order valence-corrected chi connectivity index (χ3v) is 5.09. The van der Waals surface area contributed by atoms with Gasteiger partial charge in [0.15, 0.2) is 0 Å². The summed E-state index contributed by atoms with van der Waals surface area (Å²) in [6.45, 7) is 7.30. The number of nitrogens with one attached hydrogen (secondary N) is 1. The van der Waals surface area contributed by atoms with Crippen LogP contribution in [0.25, 0.3) is 11.4 Å². The lowest BCUT2D eigenvalue weighted by Crippen LogP contribution is -2.57. The van der Waals surface area contributed by atoms with E-state index in [2.05, 4.69) is 46.0 Å². The Labute approximate surface area is 143 Å². The summed E-state index contributed by atoms with van der Waals surface area (Å²) < 4.78 is 2.12. The van der Waals surface area contributed by atoms with E-state index in [-0.39, 0.29) is 5.54 Å². The quantitative estimate of drug-likeness (QED) is 0.939. The van der Waals surface area contributed by atoms with Crippen molar-refractivity contribution in [3.8, 4) is 11.4 Å². The highest BCUT2D eigenvalue weighted by Crippen LogP contribution is 2.30. The largest absolute Gasteiger partial charge is 0.352 e. The average molecular weight is 326 g/mol. The Morgan fingerprint density at radius 2 is 2.00 bits per heavy atom. The minimum Gasteiger partial charge on any atom is -0.352 e. The smallest absolute Gasteiger partial charge is 0.147 e. The van der Waals surface area contributed by atoms with Gasteiger partial charge in [-0.2, -0.15) is 5.10 Å². The maximum atomic E-state index is 4.83. The van der Waals surface area contributed by atoms with E-state index in [1.54, 1.807) is 0 Å². The Morgan fingerprint density at radius 3 is 2.79 bits per heavy atom. The van der Waals surface area contributed by atoms with Gasteiger partial charge >= 0.3 is 0 Å². The fraction of sp³-hybridized carbons (Fsp3) is 0.611. The summed E-state index contributed by atoms with van der Waals surface area (Å²) in [4.78, 5) is 11.6. The lowest BCUT2D eigenvalue weighted by molar-refractivity contribution is 0.351. The lowest BCUT2D eigenvalue weighted by atomic mass is 10.0. The summed E-state index contributed by atoms with van der Waals surface area (Å²) >= 11 is 0. The number of aromatic nitrogens is 4. The molecule has 2 fully saturated rings. The lowest BCUT2D eigenvalue weighted by Gasteiger charge is -2.39. The Bertz CT molecular complexity index is 701. The molecule has 1 aliphatic carbocycles. The van der Waals surface area contributed by atoms with Crippen molar-refractivity contribution in [1.82, 2.24) is 25.1 Å². The van der Waals surface area contributed by atoms with Crippen LogP contribution in [0.1, 0.15) is 45.6 Å². The highest BCUT2D eigenvalue weighted by molar-refractivity contribution is 5.55. The van der Waals surface area contributed by atoms with Crippen LogP contribution in [0.4, 0.5) is 5.82 Å². The van der Waals surface area contributed by atoms with Crippen LogP contribution < -0.4 is 10.2 Å². The van der Waals surface area contributed by atoms with Crippen LogP contribution in [-0.2, 0) is 0 Å². The molecule has 0 unspecified atom stereocenters. The zero-order chi connectivity index (χ0) is 16.6. The van der Waals surface area contributed by atoms with Crippen LogP contribution in [0.2, 0.25) is 0 Å². The van der Waals surface area contributed by atoms with E-state index < -0.39 is 0 Å². The fourth-order valence-electron chi connectivity index (χ4n) is 3.82. The molecule has 6 heteroatoms. The van der Waals surface area contributed by atoms with E-state index in [1.807, 2.05) is 12.4 Å². The number of piperazine rings is 1. The van der Waals surface area contributed by atoms with Crippen molar-refractivity contribution in [3.05, 3.63) is 24.7 Å². The summed E-state index contributed by atoms with van der Waals surface area (Å²) in [5.41, 5.74) is 1.88. The predicted molar refractivity (Wildman–Crippen MR) is 95.1 cm³/mol. The molecule has 128 valence electrons. The highest BCUT2D eigenvalue weighted by atomic mass is 15.3. The third kappa shape index (κ3) is 3.15. The molecule has 0 radical (unpaired) electrons. The zero-order valence-electron chi connectivity index (χ0n) is 14.6. The van der Waals surface area contributed by atoms with Gasteiger partial charge in [-0.15, -0.1) is 0 Å². The summed E-state index contributed by atoms with van der Waals surface area (Å²) in [7, 11) is 0. The standard InChI is InChI=1S/C18H26N6/c1-18(2)13-23(10-8-20-18)17-12-19-11-16(21-17)15-7-9-24(22-15)14-5-3-4-6-14/h7,9,11-12,14,20H,3-6,8,10,13H2,1-2H3. The topological polar surface area (TPSA) is 58.9 Å². The fourth-order valence-corrected chi connectivity index (χ4v) is 3.82. The van der Waals surface area contributed by atoms with E-state index in [1.165, 1.54) is 25.7 Å². The predicted octanol–water partition coefficient (Wildman–Crippen LogP) is 2.64. The third-order valence-electron chi connectivity index (χ3n) is 5.09. The number of nitrogens with zero attached hydrogens (tertiary/aromatic N) is 5. The molecule has 1 saturated heterocycles. The normalized spacial score (nSPS) is 21.3. The molecule has 2 aromatic rings. The molecule has 0 aromatic carbocycles. The molecule has 3 heterocycles.